The summed E-state index contributed by atoms with van der Waals surface area (Å²) in [7, 11) is 0. The van der Waals surface area contributed by atoms with E-state index in [-0.39, 0.29) is 38.0 Å². The Bertz CT molecular complexity index is 892. The van der Waals surface area contributed by atoms with Crippen molar-refractivity contribution in [2.45, 2.75) is 83.0 Å². The number of imidazole rings is 1. The van der Waals surface area contributed by atoms with Crippen molar-refractivity contribution < 1.29 is 29.1 Å². The molecule has 1 rings (SSSR count). The van der Waals surface area contributed by atoms with Crippen molar-refractivity contribution in [2.75, 3.05) is 6.54 Å². The lowest BCUT2D eigenvalue weighted by atomic mass is 10.0. The zero-order chi connectivity index (χ0) is 28.0. The van der Waals surface area contributed by atoms with E-state index in [1.807, 2.05) is 13.8 Å². The molecule has 1 aromatic heterocycles. The van der Waals surface area contributed by atoms with Gasteiger partial charge in [-0.3, -0.25) is 19.2 Å². The normalized spacial score (nSPS) is 14.3. The lowest BCUT2D eigenvalue weighted by Crippen LogP contribution is -2.57. The fourth-order valence-electron chi connectivity index (χ4n) is 3.56. The zero-order valence-corrected chi connectivity index (χ0v) is 21.4. The number of nitrogens with zero attached hydrogens (tertiary/aromatic N) is 1. The van der Waals surface area contributed by atoms with E-state index in [1.54, 1.807) is 6.20 Å². The smallest absolute Gasteiger partial charge is 0.326 e. The maximum atomic E-state index is 13.2. The highest BCUT2D eigenvalue weighted by atomic mass is 16.4. The van der Waals surface area contributed by atoms with Gasteiger partial charge in [-0.25, -0.2) is 9.78 Å². The number of hydrogen-bond donors (Lipinski definition) is 8. The maximum absolute atomic E-state index is 13.2. The first-order chi connectivity index (χ1) is 17.4. The molecule has 0 bridgehead atoms. The molecule has 0 aliphatic rings. The van der Waals surface area contributed by atoms with Gasteiger partial charge in [-0.05, 0) is 44.6 Å². The minimum absolute atomic E-state index is 0.0228. The first kappa shape index (κ1) is 31.5. The quantitative estimate of drug-likeness (QED) is 0.101. The summed E-state index contributed by atoms with van der Waals surface area (Å²) in [6.45, 7) is 4.12. The number of amides is 4. The predicted octanol–water partition coefficient (Wildman–Crippen LogP) is -1.74. The molecule has 0 saturated carbocycles. The van der Waals surface area contributed by atoms with Crippen LogP contribution in [0.5, 0.6) is 0 Å². The number of nitrogens with one attached hydrogen (secondary N) is 4. The molecule has 0 aliphatic heterocycles. The highest BCUT2D eigenvalue weighted by Crippen LogP contribution is 2.09. The number of unbranched alkanes of at least 4 members (excludes halogenated alkanes) is 1. The molecular weight excluding hydrogens is 484 g/mol. The number of nitrogens with two attached hydrogens (primary N) is 3. The van der Waals surface area contributed by atoms with Crippen LogP contribution < -0.4 is 33.2 Å². The summed E-state index contributed by atoms with van der Waals surface area (Å²) in [5.74, 6) is -3.89. The van der Waals surface area contributed by atoms with E-state index < -0.39 is 53.8 Å². The molecule has 0 fully saturated rings. The number of carbonyl (C=O) groups is 5. The van der Waals surface area contributed by atoms with Gasteiger partial charge in [0.15, 0.2) is 0 Å². The van der Waals surface area contributed by atoms with Gasteiger partial charge in [0.05, 0.1) is 12.4 Å². The number of carboxylic acid groups (broad SMARTS) is 1. The van der Waals surface area contributed by atoms with Crippen LogP contribution in [-0.4, -0.2) is 75.4 Å². The Kier molecular flexibility index (Phi) is 13.9. The fraction of sp³-hybridized carbons (Fsp3) is 0.652. The van der Waals surface area contributed by atoms with E-state index in [9.17, 15) is 29.1 Å². The van der Waals surface area contributed by atoms with E-state index in [0.717, 1.165) is 0 Å². The van der Waals surface area contributed by atoms with Crippen LogP contribution in [0, 0.1) is 5.92 Å². The molecular formula is C23H40N8O6. The molecule has 14 nitrogen and oxygen atoms in total. The second kappa shape index (κ2) is 16.3. The van der Waals surface area contributed by atoms with Gasteiger partial charge in [-0.1, -0.05) is 13.8 Å². The lowest BCUT2D eigenvalue weighted by molar-refractivity contribution is -0.142. The number of H-pyrrole nitrogens is 1. The second-order valence-electron chi connectivity index (χ2n) is 9.33. The molecule has 0 aromatic carbocycles. The molecule has 4 unspecified atom stereocenters. The topological polar surface area (TPSA) is 248 Å². The summed E-state index contributed by atoms with van der Waals surface area (Å²) in [4.78, 5) is 68.1. The van der Waals surface area contributed by atoms with Crippen LogP contribution in [0.2, 0.25) is 0 Å². The highest BCUT2D eigenvalue weighted by Gasteiger charge is 2.30. The first-order valence-corrected chi connectivity index (χ1v) is 12.3. The van der Waals surface area contributed by atoms with Crippen molar-refractivity contribution in [2.24, 2.45) is 23.1 Å². The molecule has 4 atom stereocenters. The summed E-state index contributed by atoms with van der Waals surface area (Å²) in [6, 6.07) is -4.36. The molecule has 0 saturated heterocycles. The van der Waals surface area contributed by atoms with Crippen LogP contribution in [0.3, 0.4) is 0 Å². The minimum Gasteiger partial charge on any atom is -0.480 e. The van der Waals surface area contributed by atoms with E-state index in [0.29, 0.717) is 25.1 Å². The number of rotatable bonds is 18. The third-order valence-electron chi connectivity index (χ3n) is 5.55. The van der Waals surface area contributed by atoms with Crippen molar-refractivity contribution in [3.63, 3.8) is 0 Å². The maximum Gasteiger partial charge on any atom is 0.326 e. The fourth-order valence-corrected chi connectivity index (χ4v) is 3.56. The number of aromatic nitrogens is 2. The van der Waals surface area contributed by atoms with Crippen LogP contribution in [0.1, 0.15) is 58.1 Å². The Morgan fingerprint density at radius 1 is 0.973 bits per heavy atom. The van der Waals surface area contributed by atoms with Crippen LogP contribution in [0.15, 0.2) is 12.5 Å². The van der Waals surface area contributed by atoms with Gasteiger partial charge in [-0.15, -0.1) is 0 Å². The van der Waals surface area contributed by atoms with E-state index >= 15 is 0 Å². The first-order valence-electron chi connectivity index (χ1n) is 12.3. The van der Waals surface area contributed by atoms with E-state index in [1.165, 1.54) is 6.33 Å². The third-order valence-corrected chi connectivity index (χ3v) is 5.55. The van der Waals surface area contributed by atoms with Crippen molar-refractivity contribution in [1.82, 2.24) is 25.9 Å². The zero-order valence-electron chi connectivity index (χ0n) is 21.4. The van der Waals surface area contributed by atoms with Crippen molar-refractivity contribution in [3.05, 3.63) is 18.2 Å². The molecule has 0 spiro atoms. The second-order valence-corrected chi connectivity index (χ2v) is 9.33. The molecule has 1 heterocycles. The SMILES string of the molecule is CC(C)CC(NC(=O)C(N)Cc1cnc[nH]1)C(=O)NC(CCCCN)C(=O)NC(CCC(N)=O)C(=O)O. The minimum atomic E-state index is -1.36. The van der Waals surface area contributed by atoms with Gasteiger partial charge in [-0.2, -0.15) is 0 Å². The van der Waals surface area contributed by atoms with Crippen molar-refractivity contribution in [1.29, 1.82) is 0 Å². The number of primary amides is 1. The van der Waals surface area contributed by atoms with Gasteiger partial charge in [0, 0.05) is 24.7 Å². The predicted molar refractivity (Wildman–Crippen MR) is 134 cm³/mol. The van der Waals surface area contributed by atoms with Gasteiger partial charge < -0.3 is 43.2 Å². The molecule has 4 amide bonds. The Balaban J connectivity index is 2.95. The Hall–Kier alpha value is -3.52. The molecule has 0 radical (unpaired) electrons. The van der Waals surface area contributed by atoms with Gasteiger partial charge in [0.2, 0.25) is 23.6 Å². The summed E-state index contributed by atoms with van der Waals surface area (Å²) in [6.07, 6.45) is 4.32. The average molecular weight is 525 g/mol. The van der Waals surface area contributed by atoms with E-state index in [4.69, 9.17) is 17.2 Å². The average Bonchev–Trinajstić information content (AvgIpc) is 3.32. The van der Waals surface area contributed by atoms with E-state index in [2.05, 4.69) is 25.9 Å². The van der Waals surface area contributed by atoms with Gasteiger partial charge >= 0.3 is 5.97 Å². The number of carbonyl (C=O) groups excluding carboxylic acids is 4. The number of carboxylic acids is 1. The Labute approximate surface area is 215 Å². The van der Waals surface area contributed by atoms with Crippen LogP contribution in [-0.2, 0) is 30.4 Å². The molecule has 208 valence electrons. The Morgan fingerprint density at radius 2 is 1.59 bits per heavy atom. The molecule has 37 heavy (non-hydrogen) atoms. The van der Waals surface area contributed by atoms with Crippen molar-refractivity contribution >= 4 is 29.6 Å². The monoisotopic (exact) mass is 524 g/mol. The Morgan fingerprint density at radius 3 is 2.14 bits per heavy atom. The molecule has 0 aliphatic carbocycles. The van der Waals surface area contributed by atoms with Crippen LogP contribution in [0.4, 0.5) is 0 Å². The van der Waals surface area contributed by atoms with Crippen LogP contribution >= 0.6 is 0 Å². The van der Waals surface area contributed by atoms with Gasteiger partial charge in [0.1, 0.15) is 18.1 Å². The third kappa shape index (κ3) is 12.3. The van der Waals surface area contributed by atoms with Gasteiger partial charge in [0.25, 0.3) is 0 Å². The molecule has 1 aromatic rings. The summed E-state index contributed by atoms with van der Waals surface area (Å²) in [5.41, 5.74) is 17.3. The highest BCUT2D eigenvalue weighted by molar-refractivity contribution is 5.94. The number of aromatic amines is 1. The lowest BCUT2D eigenvalue weighted by Gasteiger charge is -2.26. The largest absolute Gasteiger partial charge is 0.480 e. The molecule has 11 N–H and O–H groups in total. The molecule has 14 heteroatoms. The number of aliphatic carboxylic acids is 1. The summed E-state index contributed by atoms with van der Waals surface area (Å²) < 4.78 is 0. The standard InChI is InChI=1S/C23H40N8O6/c1-13(2)9-18(31-20(33)15(25)10-14-11-27-12-28-14)22(35)29-16(5-3-4-8-24)21(34)30-17(23(36)37)6-7-19(26)32/h11-13,15-18H,3-10,24-25H2,1-2H3,(H2,26,32)(H,27,28)(H,29,35)(H,30,34)(H,31,33)(H,36,37). The van der Waals surface area contributed by atoms with Crippen LogP contribution in [0.25, 0.3) is 0 Å². The summed E-state index contributed by atoms with van der Waals surface area (Å²) >= 11 is 0. The van der Waals surface area contributed by atoms with Crippen molar-refractivity contribution in [3.8, 4) is 0 Å². The summed E-state index contributed by atoms with van der Waals surface area (Å²) in [5, 5.41) is 17.1. The number of hydrogen-bond acceptors (Lipinski definition) is 8.